The predicted octanol–water partition coefficient (Wildman–Crippen LogP) is 4.77. The van der Waals surface area contributed by atoms with Crippen molar-refractivity contribution in [1.82, 2.24) is 14.9 Å². The lowest BCUT2D eigenvalue weighted by Crippen LogP contribution is -2.21. The normalized spacial score (nSPS) is 11.1. The van der Waals surface area contributed by atoms with Crippen molar-refractivity contribution in [3.05, 3.63) is 71.0 Å². The van der Waals surface area contributed by atoms with Gasteiger partial charge in [-0.25, -0.2) is 5.10 Å². The number of benzene rings is 2. The maximum absolute atomic E-state index is 10.4. The molecule has 0 amide bonds. The van der Waals surface area contributed by atoms with Crippen LogP contribution in [0.2, 0.25) is 0 Å². The van der Waals surface area contributed by atoms with Crippen LogP contribution in [0.3, 0.4) is 0 Å². The van der Waals surface area contributed by atoms with Crippen LogP contribution in [0.15, 0.2) is 60.2 Å². The number of rotatable bonds is 8. The molecule has 0 saturated carbocycles. The Hall–Kier alpha value is -3.19. The van der Waals surface area contributed by atoms with Crippen molar-refractivity contribution in [3.8, 4) is 17.1 Å². The minimum Gasteiger partial charge on any atom is -0.507 e. The second-order valence-corrected chi connectivity index (χ2v) is 6.86. The second kappa shape index (κ2) is 9.34. The van der Waals surface area contributed by atoms with Crippen LogP contribution in [0.1, 0.15) is 25.0 Å². The maximum Gasteiger partial charge on any atom is 0.216 e. The van der Waals surface area contributed by atoms with E-state index < -0.39 is 0 Å². The molecule has 7 heteroatoms. The number of aromatic hydroxyl groups is 1. The molecule has 0 unspecified atom stereocenters. The van der Waals surface area contributed by atoms with Crippen LogP contribution in [0.5, 0.6) is 5.75 Å². The number of anilines is 1. The lowest BCUT2D eigenvalue weighted by atomic mass is 10.1. The first-order valence-electron chi connectivity index (χ1n) is 9.57. The number of hydrogen-bond acceptors (Lipinski definition) is 5. The van der Waals surface area contributed by atoms with Crippen molar-refractivity contribution in [3.63, 3.8) is 0 Å². The van der Waals surface area contributed by atoms with Crippen molar-refractivity contribution >= 4 is 24.1 Å². The summed E-state index contributed by atoms with van der Waals surface area (Å²) in [6, 6.07) is 13.7. The summed E-state index contributed by atoms with van der Waals surface area (Å²) in [6.07, 6.45) is 3.92. The average Bonchev–Trinajstić information content (AvgIpc) is 3.11. The highest BCUT2D eigenvalue weighted by Gasteiger charge is 2.10. The standard InChI is InChI=1S/C22H25N5OS/c1-4-8-16-9-7-10-18(20(16)28)15-23-27-21(24-25-22(27)29)17-11-13-19(14-12-17)26(5-2)6-3/h4,7,9-15,28H,1,5-6,8H2,2-3H3,(H,25,29). The van der Waals surface area contributed by atoms with Gasteiger partial charge in [-0.1, -0.05) is 18.2 Å². The number of phenolic OH excluding ortho intramolecular Hbond substituents is 1. The van der Waals surface area contributed by atoms with Gasteiger partial charge in [0.15, 0.2) is 5.82 Å². The van der Waals surface area contributed by atoms with E-state index in [0.717, 1.165) is 29.9 Å². The van der Waals surface area contributed by atoms with Gasteiger partial charge in [-0.05, 0) is 68.4 Å². The lowest BCUT2D eigenvalue weighted by Gasteiger charge is -2.20. The Bertz CT molecular complexity index is 1060. The molecular weight excluding hydrogens is 382 g/mol. The third-order valence-corrected chi connectivity index (χ3v) is 5.00. The van der Waals surface area contributed by atoms with Gasteiger partial charge in [0, 0.05) is 29.9 Å². The van der Waals surface area contributed by atoms with Crippen LogP contribution >= 0.6 is 12.2 Å². The number of H-pyrrole nitrogens is 1. The van der Waals surface area contributed by atoms with Gasteiger partial charge in [-0.3, -0.25) is 0 Å². The molecule has 0 spiro atoms. The molecule has 1 heterocycles. The van der Waals surface area contributed by atoms with E-state index in [2.05, 4.69) is 52.8 Å². The Labute approximate surface area is 175 Å². The maximum atomic E-state index is 10.4. The van der Waals surface area contributed by atoms with Crippen molar-refractivity contribution < 1.29 is 5.11 Å². The zero-order valence-corrected chi connectivity index (χ0v) is 17.5. The Morgan fingerprint density at radius 2 is 1.93 bits per heavy atom. The number of nitrogens with zero attached hydrogens (tertiary/aromatic N) is 4. The molecule has 0 aliphatic heterocycles. The first kappa shape index (κ1) is 20.5. The minimum absolute atomic E-state index is 0.191. The van der Waals surface area contributed by atoms with Gasteiger partial charge in [0.1, 0.15) is 5.75 Å². The molecule has 0 fully saturated rings. The Kier molecular flexibility index (Phi) is 6.61. The summed E-state index contributed by atoms with van der Waals surface area (Å²) in [4.78, 5) is 2.28. The molecule has 6 nitrogen and oxygen atoms in total. The van der Waals surface area contributed by atoms with Crippen molar-refractivity contribution in [1.29, 1.82) is 0 Å². The van der Waals surface area contributed by atoms with E-state index in [1.165, 1.54) is 0 Å². The van der Waals surface area contributed by atoms with Gasteiger partial charge in [0.25, 0.3) is 0 Å². The van der Waals surface area contributed by atoms with Crippen molar-refractivity contribution in [2.24, 2.45) is 5.10 Å². The van der Waals surface area contributed by atoms with E-state index in [9.17, 15) is 5.11 Å². The molecule has 3 aromatic rings. The average molecular weight is 408 g/mol. The smallest absolute Gasteiger partial charge is 0.216 e. The summed E-state index contributed by atoms with van der Waals surface area (Å²) in [5, 5.41) is 22.0. The number of aromatic nitrogens is 3. The summed E-state index contributed by atoms with van der Waals surface area (Å²) in [7, 11) is 0. The summed E-state index contributed by atoms with van der Waals surface area (Å²) in [5.41, 5.74) is 3.46. The highest BCUT2D eigenvalue weighted by atomic mass is 32.1. The van der Waals surface area contributed by atoms with Gasteiger partial charge in [0.2, 0.25) is 4.77 Å². The number of nitrogens with one attached hydrogen (secondary N) is 1. The van der Waals surface area contributed by atoms with Gasteiger partial charge >= 0.3 is 0 Å². The summed E-state index contributed by atoms with van der Waals surface area (Å²) in [5.74, 6) is 0.801. The Morgan fingerprint density at radius 3 is 2.59 bits per heavy atom. The van der Waals surface area contributed by atoms with Crippen LogP contribution in [0.4, 0.5) is 5.69 Å². The molecule has 0 bridgehead atoms. The molecular formula is C22H25N5OS. The number of aromatic amines is 1. The van der Waals surface area contributed by atoms with E-state index >= 15 is 0 Å². The molecule has 0 saturated heterocycles. The molecule has 0 aliphatic carbocycles. The molecule has 0 radical (unpaired) electrons. The number of hydrogen-bond donors (Lipinski definition) is 2. The third-order valence-electron chi connectivity index (χ3n) is 4.73. The van der Waals surface area contributed by atoms with Crippen molar-refractivity contribution in [2.45, 2.75) is 20.3 Å². The molecule has 3 rings (SSSR count). The Balaban J connectivity index is 1.93. The van der Waals surface area contributed by atoms with Gasteiger partial charge in [-0.15, -0.1) is 6.58 Å². The fraction of sp³-hybridized carbons (Fsp3) is 0.227. The van der Waals surface area contributed by atoms with Crippen LogP contribution in [0.25, 0.3) is 11.4 Å². The highest BCUT2D eigenvalue weighted by Crippen LogP contribution is 2.24. The van der Waals surface area contributed by atoms with Crippen molar-refractivity contribution in [2.75, 3.05) is 18.0 Å². The number of para-hydroxylation sites is 1. The molecule has 29 heavy (non-hydrogen) atoms. The number of phenols is 1. The third kappa shape index (κ3) is 4.46. The van der Waals surface area contributed by atoms with E-state index in [0.29, 0.717) is 22.6 Å². The van der Waals surface area contributed by atoms with Crippen LogP contribution < -0.4 is 4.90 Å². The highest BCUT2D eigenvalue weighted by molar-refractivity contribution is 7.71. The van der Waals surface area contributed by atoms with Gasteiger partial charge < -0.3 is 10.0 Å². The van der Waals surface area contributed by atoms with E-state index in [1.54, 1.807) is 23.0 Å². The van der Waals surface area contributed by atoms with Crippen LogP contribution in [0, 0.1) is 4.77 Å². The first-order valence-corrected chi connectivity index (χ1v) is 9.98. The second-order valence-electron chi connectivity index (χ2n) is 6.48. The SMILES string of the molecule is C=CCc1cccc(C=Nn2c(-c3ccc(N(CC)CC)cc3)n[nH]c2=S)c1O. The molecule has 1 aromatic heterocycles. The first-order chi connectivity index (χ1) is 14.1. The fourth-order valence-electron chi connectivity index (χ4n) is 3.15. The number of allylic oxidation sites excluding steroid dienone is 1. The minimum atomic E-state index is 0.191. The van der Waals surface area contributed by atoms with E-state index in [-0.39, 0.29) is 5.75 Å². The Morgan fingerprint density at radius 1 is 1.21 bits per heavy atom. The molecule has 2 aromatic carbocycles. The van der Waals surface area contributed by atoms with Gasteiger partial charge in [-0.2, -0.15) is 14.9 Å². The summed E-state index contributed by atoms with van der Waals surface area (Å²) in [6.45, 7) is 9.89. The van der Waals surface area contributed by atoms with Gasteiger partial charge in [0.05, 0.1) is 6.21 Å². The summed E-state index contributed by atoms with van der Waals surface area (Å²) >= 11 is 5.34. The topological polar surface area (TPSA) is 69.4 Å². The largest absolute Gasteiger partial charge is 0.507 e. The predicted molar refractivity (Wildman–Crippen MR) is 121 cm³/mol. The summed E-state index contributed by atoms with van der Waals surface area (Å²) < 4.78 is 1.94. The molecule has 150 valence electrons. The molecule has 0 aliphatic rings. The quantitative estimate of drug-likeness (QED) is 0.321. The zero-order chi connectivity index (χ0) is 20.8. The fourth-order valence-corrected chi connectivity index (χ4v) is 3.33. The van der Waals surface area contributed by atoms with E-state index in [4.69, 9.17) is 12.2 Å². The zero-order valence-electron chi connectivity index (χ0n) is 16.7. The van der Waals surface area contributed by atoms with E-state index in [1.807, 2.05) is 24.3 Å². The molecule has 0 atom stereocenters. The lowest BCUT2D eigenvalue weighted by molar-refractivity contribution is 0.469. The monoisotopic (exact) mass is 407 g/mol. The molecule has 2 N–H and O–H groups in total. The van der Waals surface area contributed by atoms with Crippen LogP contribution in [-0.4, -0.2) is 39.3 Å². The van der Waals surface area contributed by atoms with Crippen LogP contribution in [-0.2, 0) is 6.42 Å².